The zero-order valence-electron chi connectivity index (χ0n) is 16.3. The number of aliphatic carboxylic acids is 1. The first-order valence-electron chi connectivity index (χ1n) is 9.34. The second-order valence-corrected chi connectivity index (χ2v) is 7.39. The van der Waals surface area contributed by atoms with Crippen molar-refractivity contribution < 1.29 is 14.6 Å². The molecule has 0 aliphatic heterocycles. The molecule has 0 unspecified atom stereocenters. The third-order valence-corrected chi connectivity index (χ3v) is 5.16. The van der Waals surface area contributed by atoms with Crippen molar-refractivity contribution in [3.63, 3.8) is 0 Å². The molecule has 1 N–H and O–H groups in total. The lowest BCUT2D eigenvalue weighted by Crippen LogP contribution is -1.98. The van der Waals surface area contributed by atoms with Crippen LogP contribution >= 0.6 is 11.5 Å². The number of aryl methyl sites for hydroxylation is 2. The molecule has 2 aromatic carbocycles. The Balaban J connectivity index is 1.84. The van der Waals surface area contributed by atoms with E-state index in [4.69, 9.17) is 9.84 Å². The number of nitriles is 1. The zero-order chi connectivity index (χ0) is 20.8. The topological polar surface area (TPSA) is 96.1 Å². The van der Waals surface area contributed by atoms with Crippen molar-refractivity contribution in [1.82, 2.24) is 9.36 Å². The fraction of sp³-hybridized carbons (Fsp3) is 0.273. The standard InChI is InChI=1S/C22H21N3O3S/c1-3-10-28-19-8-6-16(12-17(19)13-23)22-24-21(25-29-22)18-7-4-15(11-14(18)2)5-9-20(26)27/h4,6-8,11-12H,3,5,9-10H2,1-2H3,(H,26,27). The van der Waals surface area contributed by atoms with Crippen LogP contribution < -0.4 is 4.74 Å². The SMILES string of the molecule is CCCOc1ccc(-c2nc(-c3ccc(CCC(=O)O)cc3C)ns2)cc1C#N. The van der Waals surface area contributed by atoms with Gasteiger partial charge in [0.15, 0.2) is 5.82 Å². The van der Waals surface area contributed by atoms with E-state index in [0.717, 1.165) is 33.7 Å². The highest BCUT2D eigenvalue weighted by Gasteiger charge is 2.13. The van der Waals surface area contributed by atoms with Crippen LogP contribution in [0.3, 0.4) is 0 Å². The van der Waals surface area contributed by atoms with Gasteiger partial charge in [-0.2, -0.15) is 9.64 Å². The molecule has 29 heavy (non-hydrogen) atoms. The first-order valence-corrected chi connectivity index (χ1v) is 10.1. The van der Waals surface area contributed by atoms with Crippen LogP contribution in [0.1, 0.15) is 36.5 Å². The minimum atomic E-state index is -0.805. The largest absolute Gasteiger partial charge is 0.492 e. The number of hydrogen-bond donors (Lipinski definition) is 1. The summed E-state index contributed by atoms with van der Waals surface area (Å²) in [6, 6.07) is 13.5. The Labute approximate surface area is 173 Å². The molecule has 3 aromatic rings. The van der Waals surface area contributed by atoms with Crippen LogP contribution in [0.4, 0.5) is 0 Å². The summed E-state index contributed by atoms with van der Waals surface area (Å²) in [5, 5.41) is 19.0. The summed E-state index contributed by atoms with van der Waals surface area (Å²) in [5.41, 5.74) is 4.19. The molecule has 0 atom stereocenters. The van der Waals surface area contributed by atoms with Gasteiger partial charge in [0.2, 0.25) is 0 Å². The van der Waals surface area contributed by atoms with Gasteiger partial charge in [0, 0.05) is 17.5 Å². The summed E-state index contributed by atoms with van der Waals surface area (Å²) in [5.74, 6) is 0.396. The molecule has 3 rings (SSSR count). The molecule has 0 spiro atoms. The van der Waals surface area contributed by atoms with Gasteiger partial charge in [-0.1, -0.05) is 25.1 Å². The predicted octanol–water partition coefficient (Wildman–Crippen LogP) is 4.86. The average Bonchev–Trinajstić information content (AvgIpc) is 3.20. The van der Waals surface area contributed by atoms with Crippen LogP contribution in [0.2, 0.25) is 0 Å². The zero-order valence-corrected chi connectivity index (χ0v) is 17.1. The molecule has 0 radical (unpaired) electrons. The van der Waals surface area contributed by atoms with Crippen molar-refractivity contribution in [2.24, 2.45) is 0 Å². The Bertz CT molecular complexity index is 1070. The summed E-state index contributed by atoms with van der Waals surface area (Å²) >= 11 is 1.28. The number of benzene rings is 2. The van der Waals surface area contributed by atoms with Gasteiger partial charge in [0.25, 0.3) is 0 Å². The molecule has 0 saturated carbocycles. The van der Waals surface area contributed by atoms with E-state index in [1.807, 2.05) is 38.1 Å². The highest BCUT2D eigenvalue weighted by Crippen LogP contribution is 2.31. The maximum Gasteiger partial charge on any atom is 0.303 e. The smallest absolute Gasteiger partial charge is 0.303 e. The average molecular weight is 407 g/mol. The van der Waals surface area contributed by atoms with E-state index in [9.17, 15) is 10.1 Å². The molecule has 7 heteroatoms. The van der Waals surface area contributed by atoms with Crippen LogP contribution in [-0.2, 0) is 11.2 Å². The second-order valence-electron chi connectivity index (χ2n) is 6.64. The predicted molar refractivity (Wildman–Crippen MR) is 112 cm³/mol. The minimum Gasteiger partial charge on any atom is -0.492 e. The maximum atomic E-state index is 10.8. The summed E-state index contributed by atoms with van der Waals surface area (Å²) in [7, 11) is 0. The van der Waals surface area contributed by atoms with Crippen molar-refractivity contribution in [1.29, 1.82) is 5.26 Å². The molecule has 1 aromatic heterocycles. The summed E-state index contributed by atoms with van der Waals surface area (Å²) < 4.78 is 10.1. The lowest BCUT2D eigenvalue weighted by molar-refractivity contribution is -0.136. The van der Waals surface area contributed by atoms with Gasteiger partial charge >= 0.3 is 5.97 Å². The molecular formula is C22H21N3O3S. The van der Waals surface area contributed by atoms with Crippen molar-refractivity contribution in [2.75, 3.05) is 6.61 Å². The third kappa shape index (κ3) is 4.98. The van der Waals surface area contributed by atoms with E-state index in [2.05, 4.69) is 15.4 Å². The number of carboxylic acid groups (broad SMARTS) is 1. The molecule has 0 bridgehead atoms. The Hall–Kier alpha value is -3.24. The van der Waals surface area contributed by atoms with Crippen molar-refractivity contribution in [3.8, 4) is 33.8 Å². The molecule has 0 aliphatic carbocycles. The quantitative estimate of drug-likeness (QED) is 0.573. The van der Waals surface area contributed by atoms with Gasteiger partial charge < -0.3 is 9.84 Å². The molecule has 6 nitrogen and oxygen atoms in total. The Kier molecular flexibility index (Phi) is 6.57. The molecule has 0 fully saturated rings. The third-order valence-electron chi connectivity index (χ3n) is 4.39. The van der Waals surface area contributed by atoms with Crippen LogP contribution in [0.5, 0.6) is 5.75 Å². The molecule has 1 heterocycles. The Morgan fingerprint density at radius 1 is 1.28 bits per heavy atom. The monoisotopic (exact) mass is 407 g/mol. The number of hydrogen-bond acceptors (Lipinski definition) is 6. The molecule has 0 aliphatic rings. The summed E-state index contributed by atoms with van der Waals surface area (Å²) in [6.07, 6.45) is 1.48. The molecular weight excluding hydrogens is 386 g/mol. The van der Waals surface area contributed by atoms with E-state index >= 15 is 0 Å². The van der Waals surface area contributed by atoms with Gasteiger partial charge in [-0.3, -0.25) is 4.79 Å². The number of carbonyl (C=O) groups is 1. The number of rotatable bonds is 8. The van der Waals surface area contributed by atoms with Crippen LogP contribution in [0.25, 0.3) is 22.0 Å². The van der Waals surface area contributed by atoms with Crippen LogP contribution in [0.15, 0.2) is 36.4 Å². The number of nitrogens with zero attached hydrogens (tertiary/aromatic N) is 3. The highest BCUT2D eigenvalue weighted by molar-refractivity contribution is 7.09. The number of ether oxygens (including phenoxy) is 1. The van der Waals surface area contributed by atoms with Crippen molar-refractivity contribution >= 4 is 17.5 Å². The van der Waals surface area contributed by atoms with Gasteiger partial charge in [-0.25, -0.2) is 4.98 Å². The minimum absolute atomic E-state index is 0.108. The van der Waals surface area contributed by atoms with E-state index in [1.54, 1.807) is 12.1 Å². The summed E-state index contributed by atoms with van der Waals surface area (Å²) in [4.78, 5) is 15.4. The van der Waals surface area contributed by atoms with E-state index in [-0.39, 0.29) is 6.42 Å². The fourth-order valence-corrected chi connectivity index (χ4v) is 3.59. The first kappa shape index (κ1) is 20.5. The Morgan fingerprint density at radius 3 is 2.79 bits per heavy atom. The summed E-state index contributed by atoms with van der Waals surface area (Å²) in [6.45, 7) is 4.55. The molecule has 0 amide bonds. The van der Waals surface area contributed by atoms with Gasteiger partial charge in [0.05, 0.1) is 12.2 Å². The maximum absolute atomic E-state index is 10.8. The molecule has 148 valence electrons. The van der Waals surface area contributed by atoms with Crippen LogP contribution in [0, 0.1) is 18.3 Å². The van der Waals surface area contributed by atoms with Crippen molar-refractivity contribution in [2.45, 2.75) is 33.1 Å². The Morgan fingerprint density at radius 2 is 2.10 bits per heavy atom. The van der Waals surface area contributed by atoms with E-state index in [1.165, 1.54) is 11.5 Å². The van der Waals surface area contributed by atoms with Crippen LogP contribution in [-0.4, -0.2) is 27.0 Å². The van der Waals surface area contributed by atoms with Crippen molar-refractivity contribution in [3.05, 3.63) is 53.1 Å². The van der Waals surface area contributed by atoms with E-state index < -0.39 is 5.97 Å². The van der Waals surface area contributed by atoms with Gasteiger partial charge in [0.1, 0.15) is 16.8 Å². The number of aromatic nitrogens is 2. The molecule has 0 saturated heterocycles. The second kappa shape index (κ2) is 9.30. The van der Waals surface area contributed by atoms with Gasteiger partial charge in [-0.15, -0.1) is 0 Å². The fourth-order valence-electron chi connectivity index (χ4n) is 2.92. The first-order chi connectivity index (χ1) is 14.0. The van der Waals surface area contributed by atoms with Gasteiger partial charge in [-0.05, 0) is 60.6 Å². The normalized spacial score (nSPS) is 10.5. The lowest BCUT2D eigenvalue weighted by Gasteiger charge is -2.07. The van der Waals surface area contributed by atoms with E-state index in [0.29, 0.717) is 30.2 Å². The highest BCUT2D eigenvalue weighted by atomic mass is 32.1. The number of carboxylic acids is 1. The lowest BCUT2D eigenvalue weighted by atomic mass is 10.0.